The van der Waals surface area contributed by atoms with Gasteiger partial charge in [-0.1, -0.05) is 69.0 Å². The quantitative estimate of drug-likeness (QED) is 0.458. The average molecular weight is 415 g/mol. The third kappa shape index (κ3) is 4.92. The highest BCUT2D eigenvalue weighted by Gasteiger charge is 2.35. The van der Waals surface area contributed by atoms with Gasteiger partial charge >= 0.3 is 6.18 Å². The molecular weight excluding hydrogens is 381 g/mol. The maximum Gasteiger partial charge on any atom is 0.416 e. The molecule has 162 valence electrons. The number of benzene rings is 2. The minimum absolute atomic E-state index is 0.593. The topological polar surface area (TPSA) is 0 Å². The van der Waals surface area contributed by atoms with Crippen LogP contribution in [0.15, 0.2) is 48.5 Å². The van der Waals surface area contributed by atoms with Crippen LogP contribution in [0.3, 0.4) is 0 Å². The van der Waals surface area contributed by atoms with E-state index in [0.717, 1.165) is 28.9 Å². The second-order valence-corrected chi connectivity index (χ2v) is 9.55. The van der Waals surface area contributed by atoms with Gasteiger partial charge in [0.1, 0.15) is 0 Å². The van der Waals surface area contributed by atoms with Gasteiger partial charge in [0.15, 0.2) is 0 Å². The molecule has 0 nitrogen and oxygen atoms in total. The molecule has 0 N–H and O–H groups in total. The first-order chi connectivity index (χ1) is 14.4. The molecule has 2 aliphatic carbocycles. The van der Waals surface area contributed by atoms with E-state index < -0.39 is 11.7 Å². The third-order valence-electron chi connectivity index (χ3n) is 7.62. The van der Waals surface area contributed by atoms with Gasteiger partial charge in [-0.15, -0.1) is 0 Å². The molecule has 30 heavy (non-hydrogen) atoms. The monoisotopic (exact) mass is 414 g/mol. The predicted octanol–water partition coefficient (Wildman–Crippen LogP) is 8.86. The molecule has 2 fully saturated rings. The Morgan fingerprint density at radius 1 is 0.767 bits per heavy atom. The molecule has 2 saturated carbocycles. The Kier molecular flexibility index (Phi) is 6.55. The fourth-order valence-electron chi connectivity index (χ4n) is 5.84. The Morgan fingerprint density at radius 2 is 1.37 bits per heavy atom. The largest absolute Gasteiger partial charge is 0.416 e. The fraction of sp³-hybridized carbons (Fsp3) is 0.556. The normalized spacial score (nSPS) is 26.9. The number of hydrogen-bond donors (Lipinski definition) is 0. The molecule has 2 aromatic rings. The third-order valence-corrected chi connectivity index (χ3v) is 7.62. The van der Waals surface area contributed by atoms with Crippen molar-refractivity contribution in [1.29, 1.82) is 0 Å². The lowest BCUT2D eigenvalue weighted by Gasteiger charge is -2.42. The van der Waals surface area contributed by atoms with E-state index in [0.29, 0.717) is 5.92 Å². The molecule has 3 heteroatoms. The summed E-state index contributed by atoms with van der Waals surface area (Å²) in [5.74, 6) is 3.42. The first-order valence-corrected chi connectivity index (χ1v) is 11.7. The van der Waals surface area contributed by atoms with Gasteiger partial charge in [-0.2, -0.15) is 13.2 Å². The molecule has 2 aliphatic rings. The summed E-state index contributed by atoms with van der Waals surface area (Å²) in [5, 5.41) is 0. The zero-order chi connectivity index (χ0) is 21.1. The highest BCUT2D eigenvalue weighted by atomic mass is 19.4. The number of rotatable bonds is 5. The minimum atomic E-state index is -4.28. The van der Waals surface area contributed by atoms with Crippen molar-refractivity contribution in [2.45, 2.75) is 76.8 Å². The number of alkyl halides is 3. The molecule has 0 spiro atoms. The van der Waals surface area contributed by atoms with Crippen molar-refractivity contribution in [2.24, 2.45) is 17.8 Å². The van der Waals surface area contributed by atoms with Crippen LogP contribution in [-0.2, 0) is 6.18 Å². The van der Waals surface area contributed by atoms with Gasteiger partial charge in [0.2, 0.25) is 0 Å². The summed E-state index contributed by atoms with van der Waals surface area (Å²) >= 11 is 0. The van der Waals surface area contributed by atoms with E-state index in [2.05, 4.69) is 31.2 Å². The van der Waals surface area contributed by atoms with Crippen molar-refractivity contribution in [1.82, 2.24) is 0 Å². The molecule has 0 heterocycles. The van der Waals surface area contributed by atoms with Crippen LogP contribution in [0.1, 0.15) is 81.8 Å². The van der Waals surface area contributed by atoms with E-state index in [9.17, 15) is 13.2 Å². The second-order valence-electron chi connectivity index (χ2n) is 9.55. The zero-order valence-electron chi connectivity index (χ0n) is 17.9. The number of fused-ring (bicyclic) bond motifs is 1. The van der Waals surface area contributed by atoms with Crippen molar-refractivity contribution in [3.8, 4) is 11.1 Å². The van der Waals surface area contributed by atoms with Crippen molar-refractivity contribution < 1.29 is 13.2 Å². The molecule has 4 rings (SSSR count). The fourth-order valence-corrected chi connectivity index (χ4v) is 5.84. The second kappa shape index (κ2) is 9.16. The van der Waals surface area contributed by atoms with E-state index in [-0.39, 0.29) is 0 Å². The summed E-state index contributed by atoms with van der Waals surface area (Å²) < 4.78 is 38.3. The lowest BCUT2D eigenvalue weighted by atomic mass is 9.63. The van der Waals surface area contributed by atoms with Crippen LogP contribution >= 0.6 is 0 Å². The maximum atomic E-state index is 12.8. The lowest BCUT2D eigenvalue weighted by Crippen LogP contribution is -2.30. The summed E-state index contributed by atoms with van der Waals surface area (Å²) in [6, 6.07) is 14.0. The van der Waals surface area contributed by atoms with Crippen LogP contribution in [0.4, 0.5) is 13.2 Å². The highest BCUT2D eigenvalue weighted by molar-refractivity contribution is 5.64. The van der Waals surface area contributed by atoms with Gasteiger partial charge in [-0.25, -0.2) is 0 Å². The van der Waals surface area contributed by atoms with E-state index >= 15 is 0 Å². The highest BCUT2D eigenvalue weighted by Crippen LogP contribution is 2.48. The Morgan fingerprint density at radius 3 is 2.00 bits per heavy atom. The summed E-state index contributed by atoms with van der Waals surface area (Å²) in [4.78, 5) is 0. The van der Waals surface area contributed by atoms with Crippen LogP contribution in [0.2, 0.25) is 0 Å². The average Bonchev–Trinajstić information content (AvgIpc) is 2.77. The number of unbranched alkanes of at least 4 members (excludes halogenated alkanes) is 1. The summed E-state index contributed by atoms with van der Waals surface area (Å²) in [6.07, 6.45) is 8.06. The SMILES string of the molecule is CCCCC1CCC2CC(c3ccc(-c4ccc(C(F)(F)F)cc4)cc3)CCC2C1. The van der Waals surface area contributed by atoms with E-state index in [1.807, 2.05) is 0 Å². The Labute approximate surface area is 178 Å². The minimum Gasteiger partial charge on any atom is -0.166 e. The Balaban J connectivity index is 1.37. The standard InChI is InChI=1S/C27H33F3/c1-2-3-4-19-5-6-25-18-24(12-11-23(25)17-19)22-9-7-20(8-10-22)21-13-15-26(16-14-21)27(28,29)30/h7-10,13-16,19,23-25H,2-6,11-12,17-18H2,1H3. The van der Waals surface area contributed by atoms with Crippen LogP contribution in [0, 0.1) is 17.8 Å². The number of hydrogen-bond acceptors (Lipinski definition) is 0. The van der Waals surface area contributed by atoms with Gasteiger partial charge < -0.3 is 0 Å². The molecule has 0 amide bonds. The van der Waals surface area contributed by atoms with Crippen molar-refractivity contribution in [2.75, 3.05) is 0 Å². The van der Waals surface area contributed by atoms with Crippen LogP contribution < -0.4 is 0 Å². The van der Waals surface area contributed by atoms with Gasteiger partial charge in [0, 0.05) is 0 Å². The molecule has 0 saturated heterocycles. The van der Waals surface area contributed by atoms with Gasteiger partial charge in [0.05, 0.1) is 5.56 Å². The summed E-state index contributed by atoms with van der Waals surface area (Å²) in [7, 11) is 0. The van der Waals surface area contributed by atoms with E-state index in [1.54, 1.807) is 12.1 Å². The van der Waals surface area contributed by atoms with Gasteiger partial charge in [-0.3, -0.25) is 0 Å². The van der Waals surface area contributed by atoms with Crippen molar-refractivity contribution in [3.05, 3.63) is 59.7 Å². The van der Waals surface area contributed by atoms with Crippen LogP contribution in [0.5, 0.6) is 0 Å². The first kappa shape index (κ1) is 21.5. The number of halogens is 3. The van der Waals surface area contributed by atoms with Crippen molar-refractivity contribution in [3.63, 3.8) is 0 Å². The van der Waals surface area contributed by atoms with E-state index in [4.69, 9.17) is 0 Å². The molecule has 0 aliphatic heterocycles. The molecule has 0 radical (unpaired) electrons. The van der Waals surface area contributed by atoms with Crippen LogP contribution in [0.25, 0.3) is 11.1 Å². The molecule has 0 bridgehead atoms. The Bertz CT molecular complexity index is 803. The molecule has 4 atom stereocenters. The molecular formula is C27H33F3. The molecule has 4 unspecified atom stereocenters. The lowest BCUT2D eigenvalue weighted by molar-refractivity contribution is -0.137. The van der Waals surface area contributed by atoms with Gasteiger partial charge in [0.25, 0.3) is 0 Å². The Hall–Kier alpha value is -1.77. The molecule has 2 aromatic carbocycles. The zero-order valence-corrected chi connectivity index (χ0v) is 17.9. The molecule has 0 aromatic heterocycles. The summed E-state index contributed by atoms with van der Waals surface area (Å²) in [6.45, 7) is 2.29. The maximum absolute atomic E-state index is 12.8. The van der Waals surface area contributed by atoms with Crippen LogP contribution in [-0.4, -0.2) is 0 Å². The summed E-state index contributed by atoms with van der Waals surface area (Å²) in [5.41, 5.74) is 2.63. The first-order valence-electron chi connectivity index (χ1n) is 11.7. The van der Waals surface area contributed by atoms with Crippen molar-refractivity contribution >= 4 is 0 Å². The van der Waals surface area contributed by atoms with Gasteiger partial charge in [-0.05, 0) is 84.6 Å². The smallest absolute Gasteiger partial charge is 0.166 e. The predicted molar refractivity (Wildman–Crippen MR) is 117 cm³/mol. The van der Waals surface area contributed by atoms with E-state index in [1.165, 1.54) is 75.5 Å².